The van der Waals surface area contributed by atoms with E-state index in [1.807, 2.05) is 0 Å². The van der Waals surface area contributed by atoms with Gasteiger partial charge in [0, 0.05) is 7.05 Å². The molecule has 0 amide bonds. The molecule has 0 aromatic carbocycles. The topological polar surface area (TPSA) is 114 Å². The van der Waals surface area contributed by atoms with Crippen LogP contribution in [-0.4, -0.2) is 49.5 Å². The maximum Gasteiger partial charge on any atom is 0.374 e. The molecule has 0 saturated heterocycles. The number of aliphatic carboxylic acids is 1. The Kier molecular flexibility index (Phi) is 4.90. The molecule has 8 nitrogen and oxygen atoms in total. The molecular weight excluding hydrogens is 290 g/mol. The molecule has 0 radical (unpaired) electrons. The van der Waals surface area contributed by atoms with Crippen molar-refractivity contribution in [3.05, 3.63) is 17.9 Å². The number of rotatable bonds is 6. The zero-order chi connectivity index (χ0) is 15.5. The van der Waals surface area contributed by atoms with Crippen molar-refractivity contribution in [2.45, 2.75) is 25.0 Å². The summed E-state index contributed by atoms with van der Waals surface area (Å²) in [7, 11) is -3.02. The van der Waals surface area contributed by atoms with E-state index >= 15 is 0 Å². The Hall–Kier alpha value is -1.87. The molecule has 0 aliphatic carbocycles. The summed E-state index contributed by atoms with van der Waals surface area (Å²) in [4.78, 5) is 22.2. The third-order valence-electron chi connectivity index (χ3n) is 2.59. The number of nitrogens with zero attached hydrogens (tertiary/aromatic N) is 1. The lowest BCUT2D eigenvalue weighted by atomic mass is 10.4. The Morgan fingerprint density at radius 3 is 2.55 bits per heavy atom. The van der Waals surface area contributed by atoms with Crippen LogP contribution in [0.4, 0.5) is 0 Å². The van der Waals surface area contributed by atoms with E-state index in [0.29, 0.717) is 4.31 Å². The molecule has 0 aliphatic rings. The fourth-order valence-corrected chi connectivity index (χ4v) is 2.50. The summed E-state index contributed by atoms with van der Waals surface area (Å²) in [6.07, 6.45) is 0. The number of carbonyl (C=O) groups is 2. The van der Waals surface area contributed by atoms with Gasteiger partial charge in [0.05, 0.1) is 6.61 Å². The third-order valence-corrected chi connectivity index (χ3v) is 4.40. The number of esters is 1. The summed E-state index contributed by atoms with van der Waals surface area (Å²) < 4.78 is 34.4. The van der Waals surface area contributed by atoms with Crippen LogP contribution in [0.5, 0.6) is 0 Å². The van der Waals surface area contributed by atoms with Crippen molar-refractivity contribution in [2.24, 2.45) is 0 Å². The first kappa shape index (κ1) is 16.2. The standard InChI is InChI=1S/C11H15NO7S/c1-4-18-11(15)8-5-6-9(19-8)20(16,17)12(3)7(2)10(13)14/h5-7H,4H2,1-3H3,(H,13,14). The number of hydrogen-bond donors (Lipinski definition) is 1. The highest BCUT2D eigenvalue weighted by atomic mass is 32.2. The third kappa shape index (κ3) is 3.17. The second kappa shape index (κ2) is 6.06. The Bertz CT molecular complexity index is 604. The Morgan fingerprint density at radius 1 is 1.45 bits per heavy atom. The van der Waals surface area contributed by atoms with Crippen molar-refractivity contribution in [3.63, 3.8) is 0 Å². The van der Waals surface area contributed by atoms with Crippen molar-refractivity contribution in [3.8, 4) is 0 Å². The lowest BCUT2D eigenvalue weighted by Crippen LogP contribution is -2.40. The van der Waals surface area contributed by atoms with Gasteiger partial charge in [0.15, 0.2) is 0 Å². The normalized spacial score (nSPS) is 13.2. The second-order valence-corrected chi connectivity index (χ2v) is 5.80. The van der Waals surface area contributed by atoms with Crippen molar-refractivity contribution in [2.75, 3.05) is 13.7 Å². The Labute approximate surface area is 116 Å². The number of carboxylic acid groups (broad SMARTS) is 1. The Morgan fingerprint density at radius 2 is 2.05 bits per heavy atom. The average molecular weight is 305 g/mol. The maximum atomic E-state index is 12.1. The fourth-order valence-electron chi connectivity index (χ4n) is 1.28. The quantitative estimate of drug-likeness (QED) is 0.763. The minimum absolute atomic E-state index is 0.123. The molecule has 1 atom stereocenters. The first-order chi connectivity index (χ1) is 9.21. The van der Waals surface area contributed by atoms with E-state index in [0.717, 1.165) is 19.2 Å². The zero-order valence-electron chi connectivity index (χ0n) is 11.2. The molecule has 0 fully saturated rings. The van der Waals surface area contributed by atoms with E-state index in [4.69, 9.17) is 9.52 Å². The van der Waals surface area contributed by atoms with Crippen LogP contribution in [0, 0.1) is 0 Å². The lowest BCUT2D eigenvalue weighted by molar-refractivity contribution is -0.140. The molecule has 1 unspecified atom stereocenters. The van der Waals surface area contributed by atoms with Crippen molar-refractivity contribution >= 4 is 22.0 Å². The highest BCUT2D eigenvalue weighted by Crippen LogP contribution is 2.20. The molecule has 1 N–H and O–H groups in total. The van der Waals surface area contributed by atoms with E-state index < -0.39 is 33.1 Å². The van der Waals surface area contributed by atoms with Crippen LogP contribution >= 0.6 is 0 Å². The van der Waals surface area contributed by atoms with Gasteiger partial charge in [0.1, 0.15) is 6.04 Å². The van der Waals surface area contributed by atoms with Gasteiger partial charge >= 0.3 is 11.9 Å². The number of likely N-dealkylation sites (N-methyl/N-ethyl adjacent to an activating group) is 1. The van der Waals surface area contributed by atoms with Gasteiger partial charge in [0.25, 0.3) is 10.0 Å². The van der Waals surface area contributed by atoms with Crippen molar-refractivity contribution < 1.29 is 32.3 Å². The molecule has 1 aromatic rings. The summed E-state index contributed by atoms with van der Waals surface area (Å²) in [6.45, 7) is 2.94. The summed E-state index contributed by atoms with van der Waals surface area (Å²) in [5, 5.41) is 8.30. The fraction of sp³-hybridized carbons (Fsp3) is 0.455. The summed E-state index contributed by atoms with van der Waals surface area (Å²) in [6, 6.07) is 0.965. The molecule has 1 rings (SSSR count). The SMILES string of the molecule is CCOC(=O)c1ccc(S(=O)(=O)N(C)C(C)C(=O)O)o1. The van der Waals surface area contributed by atoms with Crippen molar-refractivity contribution in [1.29, 1.82) is 0 Å². The van der Waals surface area contributed by atoms with Crippen LogP contribution in [0.25, 0.3) is 0 Å². The predicted molar refractivity (Wildman–Crippen MR) is 66.7 cm³/mol. The van der Waals surface area contributed by atoms with Gasteiger partial charge in [-0.3, -0.25) is 4.79 Å². The van der Waals surface area contributed by atoms with Crippen LogP contribution in [0.15, 0.2) is 21.6 Å². The van der Waals surface area contributed by atoms with E-state index in [2.05, 4.69) is 4.74 Å². The minimum Gasteiger partial charge on any atom is -0.480 e. The monoisotopic (exact) mass is 305 g/mol. The number of ether oxygens (including phenoxy) is 1. The summed E-state index contributed by atoms with van der Waals surface area (Å²) in [5.41, 5.74) is 0. The van der Waals surface area contributed by atoms with Gasteiger partial charge in [-0.2, -0.15) is 4.31 Å². The molecule has 9 heteroatoms. The van der Waals surface area contributed by atoms with E-state index in [-0.39, 0.29) is 12.4 Å². The number of hydrogen-bond acceptors (Lipinski definition) is 6. The first-order valence-corrected chi connectivity index (χ1v) is 7.13. The average Bonchev–Trinajstić information content (AvgIpc) is 2.87. The largest absolute Gasteiger partial charge is 0.480 e. The van der Waals surface area contributed by atoms with E-state index in [1.54, 1.807) is 6.92 Å². The molecule has 112 valence electrons. The number of carboxylic acids is 1. The van der Waals surface area contributed by atoms with Gasteiger partial charge in [-0.15, -0.1) is 0 Å². The Balaban J connectivity index is 3.05. The highest BCUT2D eigenvalue weighted by Gasteiger charge is 2.32. The molecule has 0 spiro atoms. The van der Waals surface area contributed by atoms with E-state index in [1.165, 1.54) is 6.92 Å². The van der Waals surface area contributed by atoms with Crippen LogP contribution in [0.2, 0.25) is 0 Å². The second-order valence-electron chi connectivity index (χ2n) is 3.87. The molecular formula is C11H15NO7S. The van der Waals surface area contributed by atoms with Crippen LogP contribution in [-0.2, 0) is 19.6 Å². The molecule has 0 saturated carbocycles. The molecule has 1 heterocycles. The van der Waals surface area contributed by atoms with Crippen LogP contribution in [0.1, 0.15) is 24.4 Å². The lowest BCUT2D eigenvalue weighted by Gasteiger charge is -2.19. The van der Waals surface area contributed by atoms with Crippen LogP contribution in [0.3, 0.4) is 0 Å². The smallest absolute Gasteiger partial charge is 0.374 e. The number of sulfonamides is 1. The predicted octanol–water partition coefficient (Wildman–Crippen LogP) is 0.550. The number of carbonyl (C=O) groups excluding carboxylic acids is 1. The van der Waals surface area contributed by atoms with Gasteiger partial charge in [-0.05, 0) is 26.0 Å². The first-order valence-electron chi connectivity index (χ1n) is 5.69. The van der Waals surface area contributed by atoms with Gasteiger partial charge in [0.2, 0.25) is 10.9 Å². The zero-order valence-corrected chi connectivity index (χ0v) is 12.0. The minimum atomic E-state index is -4.13. The number of furan rings is 1. The van der Waals surface area contributed by atoms with Crippen molar-refractivity contribution in [1.82, 2.24) is 4.31 Å². The molecule has 0 aliphatic heterocycles. The van der Waals surface area contributed by atoms with Gasteiger partial charge in [-0.1, -0.05) is 0 Å². The summed E-state index contributed by atoms with van der Waals surface area (Å²) >= 11 is 0. The summed E-state index contributed by atoms with van der Waals surface area (Å²) in [5.74, 6) is -2.35. The molecule has 20 heavy (non-hydrogen) atoms. The molecule has 0 bridgehead atoms. The van der Waals surface area contributed by atoms with Crippen LogP contribution < -0.4 is 0 Å². The van der Waals surface area contributed by atoms with Gasteiger partial charge < -0.3 is 14.3 Å². The van der Waals surface area contributed by atoms with E-state index in [9.17, 15) is 18.0 Å². The molecule has 1 aromatic heterocycles. The maximum absolute atomic E-state index is 12.1. The highest BCUT2D eigenvalue weighted by molar-refractivity contribution is 7.89. The van der Waals surface area contributed by atoms with Gasteiger partial charge in [-0.25, -0.2) is 13.2 Å².